The Morgan fingerprint density at radius 2 is 1.85 bits per heavy atom. The number of hydrogen-bond acceptors (Lipinski definition) is 9. The lowest BCUT2D eigenvalue weighted by Crippen LogP contribution is -2.32. The molecule has 5 aromatic heterocycles. The van der Waals surface area contributed by atoms with E-state index in [2.05, 4.69) is 25.5 Å². The third kappa shape index (κ3) is 5.07. The number of aromatic nitrogens is 6. The van der Waals surface area contributed by atoms with Crippen LogP contribution in [0.5, 0.6) is 0 Å². The van der Waals surface area contributed by atoms with E-state index < -0.39 is 5.91 Å². The van der Waals surface area contributed by atoms with E-state index in [0.29, 0.717) is 20.8 Å². The van der Waals surface area contributed by atoms with Crippen LogP contribution in [0.25, 0.3) is 16.7 Å². The van der Waals surface area contributed by atoms with Crippen LogP contribution in [-0.4, -0.2) is 35.0 Å². The highest BCUT2D eigenvalue weighted by Gasteiger charge is 2.19. The summed E-state index contributed by atoms with van der Waals surface area (Å²) in [6, 6.07) is 20.3. The SMILES string of the molecule is N=c1c(C(=O)Nc2nnc(SCc3ccccc3)s2)cc2c(=O)n3ccccc3nc2n1Cc1cccnc1. The fourth-order valence-corrected chi connectivity index (χ4v) is 5.79. The minimum Gasteiger partial charge on any atom is -0.306 e. The van der Waals surface area contributed by atoms with E-state index in [9.17, 15) is 9.59 Å². The van der Waals surface area contributed by atoms with E-state index in [4.69, 9.17) is 5.41 Å². The molecule has 5 heterocycles. The molecule has 6 rings (SSSR count). The molecule has 0 fully saturated rings. The summed E-state index contributed by atoms with van der Waals surface area (Å²) in [6.45, 7) is 0.207. The molecule has 0 unspecified atom stereocenters. The van der Waals surface area contributed by atoms with Crippen LogP contribution < -0.4 is 16.4 Å². The standard InChI is InChI=1S/C27H20N8O2S2/c28-22-19(24(36)31-26-32-33-27(39-26)38-16-17-7-2-1-3-8-17)13-20-23(35(22)15-18-9-6-11-29-14-18)30-21-10-4-5-12-34(21)25(20)37/h1-14,28H,15-16H2,(H,31,32,36). The molecule has 0 saturated carbocycles. The van der Waals surface area contributed by atoms with Gasteiger partial charge in [-0.2, -0.15) is 0 Å². The molecule has 0 spiro atoms. The lowest BCUT2D eigenvalue weighted by Gasteiger charge is -2.14. The maximum Gasteiger partial charge on any atom is 0.267 e. The first-order chi connectivity index (χ1) is 19.1. The zero-order chi connectivity index (χ0) is 26.8. The molecule has 0 saturated heterocycles. The molecule has 0 bridgehead atoms. The minimum absolute atomic E-state index is 0.0230. The Hall–Kier alpha value is -4.68. The molecular formula is C27H20N8O2S2. The monoisotopic (exact) mass is 552 g/mol. The highest BCUT2D eigenvalue weighted by molar-refractivity contribution is 8.00. The van der Waals surface area contributed by atoms with Gasteiger partial charge in [-0.1, -0.05) is 65.6 Å². The van der Waals surface area contributed by atoms with Crippen LogP contribution in [0, 0.1) is 5.41 Å². The number of rotatable bonds is 7. The maximum absolute atomic E-state index is 13.4. The number of amides is 1. The largest absolute Gasteiger partial charge is 0.306 e. The normalized spacial score (nSPS) is 11.2. The summed E-state index contributed by atoms with van der Waals surface area (Å²) in [5, 5.41) is 20.5. The van der Waals surface area contributed by atoms with Gasteiger partial charge in [-0.05, 0) is 35.4 Å². The molecule has 0 aliphatic heterocycles. The summed E-state index contributed by atoms with van der Waals surface area (Å²) in [5.41, 5.74) is 2.32. The topological polar surface area (TPSA) is 131 Å². The first kappa shape index (κ1) is 24.6. The zero-order valence-corrected chi connectivity index (χ0v) is 21.9. The number of thioether (sulfide) groups is 1. The first-order valence-corrected chi connectivity index (χ1v) is 13.7. The second-order valence-corrected chi connectivity index (χ2v) is 10.7. The molecule has 1 amide bonds. The Bertz CT molecular complexity index is 1940. The Balaban J connectivity index is 1.37. The Kier molecular flexibility index (Phi) is 6.69. The summed E-state index contributed by atoms with van der Waals surface area (Å²) in [6.07, 6.45) is 4.96. The molecule has 2 N–H and O–H groups in total. The fourth-order valence-electron chi connectivity index (χ4n) is 4.09. The van der Waals surface area contributed by atoms with Crippen LogP contribution in [0.15, 0.2) is 94.5 Å². The highest BCUT2D eigenvalue weighted by Crippen LogP contribution is 2.28. The van der Waals surface area contributed by atoms with Crippen molar-refractivity contribution >= 4 is 50.8 Å². The van der Waals surface area contributed by atoms with Gasteiger partial charge in [0.25, 0.3) is 11.5 Å². The minimum atomic E-state index is -0.560. The van der Waals surface area contributed by atoms with Crippen LogP contribution in [0.2, 0.25) is 0 Å². The molecular weight excluding hydrogens is 532 g/mol. The van der Waals surface area contributed by atoms with Crippen molar-refractivity contribution in [3.05, 3.63) is 118 Å². The Morgan fingerprint density at radius 3 is 2.67 bits per heavy atom. The lowest BCUT2D eigenvalue weighted by atomic mass is 10.2. The van der Waals surface area contributed by atoms with Crippen molar-refractivity contribution < 1.29 is 4.79 Å². The van der Waals surface area contributed by atoms with Crippen molar-refractivity contribution in [3.8, 4) is 0 Å². The van der Waals surface area contributed by atoms with E-state index in [1.54, 1.807) is 47.4 Å². The van der Waals surface area contributed by atoms with Crippen molar-refractivity contribution in [2.45, 2.75) is 16.6 Å². The molecule has 0 aliphatic carbocycles. The van der Waals surface area contributed by atoms with E-state index in [0.717, 1.165) is 16.9 Å². The molecule has 192 valence electrons. The zero-order valence-electron chi connectivity index (χ0n) is 20.3. The Labute approximate surface area is 229 Å². The van der Waals surface area contributed by atoms with Crippen molar-refractivity contribution in [1.82, 2.24) is 29.1 Å². The van der Waals surface area contributed by atoms with E-state index in [1.165, 1.54) is 33.6 Å². The van der Waals surface area contributed by atoms with Crippen molar-refractivity contribution in [2.24, 2.45) is 0 Å². The van der Waals surface area contributed by atoms with Gasteiger partial charge in [0.15, 0.2) is 4.34 Å². The third-order valence-electron chi connectivity index (χ3n) is 5.96. The third-order valence-corrected chi connectivity index (χ3v) is 8.00. The molecule has 0 aliphatic rings. The fraction of sp³-hybridized carbons (Fsp3) is 0.0741. The molecule has 0 radical (unpaired) electrons. The van der Waals surface area contributed by atoms with Crippen molar-refractivity contribution in [1.29, 1.82) is 5.41 Å². The summed E-state index contributed by atoms with van der Waals surface area (Å²) in [4.78, 5) is 35.6. The van der Waals surface area contributed by atoms with Gasteiger partial charge < -0.3 is 4.57 Å². The number of hydrogen-bond donors (Lipinski definition) is 2. The van der Waals surface area contributed by atoms with Crippen molar-refractivity contribution in [3.63, 3.8) is 0 Å². The van der Waals surface area contributed by atoms with Crippen molar-refractivity contribution in [2.75, 3.05) is 5.32 Å². The summed E-state index contributed by atoms with van der Waals surface area (Å²) in [7, 11) is 0. The lowest BCUT2D eigenvalue weighted by molar-refractivity contribution is 0.102. The second kappa shape index (κ2) is 10.6. The number of anilines is 1. The average molecular weight is 553 g/mol. The van der Waals surface area contributed by atoms with Gasteiger partial charge in [-0.3, -0.25) is 29.7 Å². The summed E-state index contributed by atoms with van der Waals surface area (Å²) in [5.74, 6) is 0.166. The quantitative estimate of drug-likeness (QED) is 0.174. The average Bonchev–Trinajstić information content (AvgIpc) is 3.42. The Morgan fingerprint density at radius 1 is 1.03 bits per heavy atom. The molecule has 1 aromatic carbocycles. The molecule has 6 aromatic rings. The number of carbonyl (C=O) groups excluding carboxylic acids is 1. The van der Waals surface area contributed by atoms with E-state index >= 15 is 0 Å². The smallest absolute Gasteiger partial charge is 0.267 e. The summed E-state index contributed by atoms with van der Waals surface area (Å²) >= 11 is 2.77. The van der Waals surface area contributed by atoms with Crippen LogP contribution in [0.3, 0.4) is 0 Å². The predicted molar refractivity (Wildman–Crippen MR) is 150 cm³/mol. The van der Waals surface area contributed by atoms with Gasteiger partial charge in [0, 0.05) is 24.3 Å². The number of nitrogens with zero attached hydrogens (tertiary/aromatic N) is 6. The molecule has 10 nitrogen and oxygen atoms in total. The van der Waals surface area contributed by atoms with Gasteiger partial charge in [-0.15, -0.1) is 10.2 Å². The van der Waals surface area contributed by atoms with Crippen LogP contribution in [0.1, 0.15) is 21.5 Å². The van der Waals surface area contributed by atoms with Crippen LogP contribution >= 0.6 is 23.1 Å². The number of benzene rings is 1. The number of carbonyl (C=O) groups is 1. The van der Waals surface area contributed by atoms with Gasteiger partial charge in [-0.25, -0.2) is 4.98 Å². The van der Waals surface area contributed by atoms with E-state index in [-0.39, 0.29) is 28.5 Å². The highest BCUT2D eigenvalue weighted by atomic mass is 32.2. The number of pyridine rings is 3. The molecule has 39 heavy (non-hydrogen) atoms. The van der Waals surface area contributed by atoms with Crippen LogP contribution in [0.4, 0.5) is 5.13 Å². The molecule has 0 atom stereocenters. The van der Waals surface area contributed by atoms with Gasteiger partial charge in [0.2, 0.25) is 5.13 Å². The van der Waals surface area contributed by atoms with Gasteiger partial charge in [0.05, 0.1) is 17.5 Å². The van der Waals surface area contributed by atoms with Gasteiger partial charge in [0.1, 0.15) is 16.8 Å². The predicted octanol–water partition coefficient (Wildman–Crippen LogP) is 3.97. The van der Waals surface area contributed by atoms with E-state index in [1.807, 2.05) is 36.4 Å². The first-order valence-electron chi connectivity index (χ1n) is 11.9. The number of nitrogens with one attached hydrogen (secondary N) is 2. The summed E-state index contributed by atoms with van der Waals surface area (Å²) < 4.78 is 3.68. The maximum atomic E-state index is 13.4. The molecule has 12 heteroatoms. The number of fused-ring (bicyclic) bond motifs is 2. The van der Waals surface area contributed by atoms with Crippen LogP contribution in [-0.2, 0) is 12.3 Å². The van der Waals surface area contributed by atoms with Gasteiger partial charge >= 0.3 is 0 Å². The second-order valence-electron chi connectivity index (χ2n) is 8.54.